The van der Waals surface area contributed by atoms with E-state index in [-0.39, 0.29) is 0 Å². The van der Waals surface area contributed by atoms with Gasteiger partial charge in [-0.25, -0.2) is 0 Å². The van der Waals surface area contributed by atoms with Gasteiger partial charge < -0.3 is 5.32 Å². The van der Waals surface area contributed by atoms with Gasteiger partial charge in [0.25, 0.3) is 0 Å². The van der Waals surface area contributed by atoms with Crippen molar-refractivity contribution in [2.75, 3.05) is 13.6 Å². The first-order valence-electron chi connectivity index (χ1n) is 6.17. The Bertz CT molecular complexity index is 559. The molecule has 1 nitrogen and oxygen atoms in total. The van der Waals surface area contributed by atoms with Gasteiger partial charge in [-0.05, 0) is 7.05 Å². The highest BCUT2D eigenvalue weighted by Crippen LogP contribution is 2.63. The zero-order chi connectivity index (χ0) is 23.4. The van der Waals surface area contributed by atoms with Gasteiger partial charge in [-0.15, -0.1) is 0 Å². The Labute approximate surface area is 142 Å². The van der Waals surface area contributed by atoms with Gasteiger partial charge in [-0.1, -0.05) is 0 Å². The van der Waals surface area contributed by atoms with Crippen LogP contribution in [0.1, 0.15) is 0 Å². The molecular weight excluding hydrogens is 457 g/mol. The van der Waals surface area contributed by atoms with E-state index < -0.39 is 54.2 Å². The molecule has 0 atom stereocenters. The van der Waals surface area contributed by atoms with Gasteiger partial charge in [0.15, 0.2) is 0 Å². The first-order valence-corrected chi connectivity index (χ1v) is 6.17. The SMILES string of the molecule is CNCC(F)(F)C(F)(F)C(F)(F)C(F)(F)C(F)(F)C(F)(F)C(F)(F)C(F)(F)F. The maximum atomic E-state index is 13.2. The van der Waals surface area contributed by atoms with Crippen molar-refractivity contribution in [3.05, 3.63) is 0 Å². The van der Waals surface area contributed by atoms with Gasteiger partial charge in [0.1, 0.15) is 0 Å². The van der Waals surface area contributed by atoms with Crippen molar-refractivity contribution in [1.29, 1.82) is 0 Å². The Morgan fingerprint density at radius 2 is 0.679 bits per heavy atom. The summed E-state index contributed by atoms with van der Waals surface area (Å²) in [6.07, 6.45) is -7.75. The Hall–Kier alpha value is -1.23. The molecule has 0 saturated carbocycles. The van der Waals surface area contributed by atoms with Crippen molar-refractivity contribution in [2.24, 2.45) is 0 Å². The van der Waals surface area contributed by atoms with Crippen LogP contribution in [0.3, 0.4) is 0 Å². The van der Waals surface area contributed by atoms with Gasteiger partial charge in [-0.3, -0.25) is 0 Å². The third kappa shape index (κ3) is 3.24. The van der Waals surface area contributed by atoms with Crippen LogP contribution >= 0.6 is 0 Å². The van der Waals surface area contributed by atoms with Crippen LogP contribution in [-0.2, 0) is 0 Å². The molecule has 0 aromatic heterocycles. The van der Waals surface area contributed by atoms with E-state index in [0.29, 0.717) is 7.05 Å². The summed E-state index contributed by atoms with van der Waals surface area (Å²) in [6, 6.07) is 0. The molecule has 0 spiro atoms. The summed E-state index contributed by atoms with van der Waals surface area (Å²) in [5, 5.41) is 1.04. The highest BCUT2D eigenvalue weighted by molar-refractivity contribution is 5.15. The molecule has 0 fully saturated rings. The Kier molecular flexibility index (Phi) is 6.36. The molecule has 0 aliphatic carbocycles. The van der Waals surface area contributed by atoms with Crippen LogP contribution in [-0.4, -0.2) is 61.2 Å². The van der Waals surface area contributed by atoms with Gasteiger partial charge in [0.05, 0.1) is 6.54 Å². The van der Waals surface area contributed by atoms with E-state index in [4.69, 9.17) is 0 Å². The van der Waals surface area contributed by atoms with Gasteiger partial charge in [0, 0.05) is 0 Å². The fourth-order valence-electron chi connectivity index (χ4n) is 1.53. The molecule has 170 valence electrons. The lowest BCUT2D eigenvalue weighted by molar-refractivity contribution is -0.461. The van der Waals surface area contributed by atoms with Crippen LogP contribution in [0.5, 0.6) is 0 Å². The summed E-state index contributed by atoms with van der Waals surface area (Å²) in [5.41, 5.74) is 0. The maximum Gasteiger partial charge on any atom is 0.460 e. The Morgan fingerprint density at radius 1 is 0.429 bits per heavy atom. The summed E-state index contributed by atoms with van der Waals surface area (Å²) in [6.45, 7) is -2.63. The minimum absolute atomic E-state index is 0.340. The van der Waals surface area contributed by atoms with Crippen LogP contribution in [0.25, 0.3) is 0 Å². The van der Waals surface area contributed by atoms with E-state index in [9.17, 15) is 74.6 Å². The lowest BCUT2D eigenvalue weighted by Gasteiger charge is -2.42. The summed E-state index contributed by atoms with van der Waals surface area (Å²) < 4.78 is 217. The zero-order valence-corrected chi connectivity index (χ0v) is 12.6. The first kappa shape index (κ1) is 26.8. The van der Waals surface area contributed by atoms with Gasteiger partial charge in [0.2, 0.25) is 0 Å². The lowest BCUT2D eigenvalue weighted by atomic mass is 9.89. The highest BCUT2D eigenvalue weighted by Gasteiger charge is 2.95. The molecule has 28 heavy (non-hydrogen) atoms. The lowest BCUT2D eigenvalue weighted by Crippen LogP contribution is -2.74. The topological polar surface area (TPSA) is 12.0 Å². The van der Waals surface area contributed by atoms with Crippen molar-refractivity contribution in [3.63, 3.8) is 0 Å². The molecule has 0 saturated heterocycles. The van der Waals surface area contributed by atoms with Crippen molar-refractivity contribution in [1.82, 2.24) is 5.32 Å². The van der Waals surface area contributed by atoms with Crippen LogP contribution in [0.2, 0.25) is 0 Å². The molecule has 0 amide bonds. The molecule has 0 rings (SSSR count). The second-order valence-electron chi connectivity index (χ2n) is 5.18. The summed E-state index contributed by atoms with van der Waals surface area (Å²) >= 11 is 0. The fraction of sp³-hybridized carbons (Fsp3) is 1.00. The molecule has 1 N–H and O–H groups in total. The molecule has 0 heterocycles. The molecule has 0 aliphatic heterocycles. The van der Waals surface area contributed by atoms with Crippen LogP contribution in [0.15, 0.2) is 0 Å². The molecule has 0 aliphatic rings. The number of nitrogens with one attached hydrogen (secondary N) is 1. The van der Waals surface area contributed by atoms with Crippen LogP contribution in [0, 0.1) is 0 Å². The Morgan fingerprint density at radius 3 is 0.929 bits per heavy atom. The van der Waals surface area contributed by atoms with E-state index in [1.165, 1.54) is 0 Å². The summed E-state index contributed by atoms with van der Waals surface area (Å²) in [7, 11) is 0.340. The average molecular weight is 463 g/mol. The van der Waals surface area contributed by atoms with Crippen molar-refractivity contribution in [2.45, 2.75) is 47.6 Å². The first-order chi connectivity index (χ1) is 11.8. The van der Waals surface area contributed by atoms with Gasteiger partial charge in [-0.2, -0.15) is 74.6 Å². The maximum absolute atomic E-state index is 13.2. The minimum Gasteiger partial charge on any atom is -0.314 e. The van der Waals surface area contributed by atoms with Crippen molar-refractivity contribution in [3.8, 4) is 0 Å². The number of rotatable bonds is 8. The average Bonchev–Trinajstić information content (AvgIpc) is 2.44. The monoisotopic (exact) mass is 463 g/mol. The molecular formula is C10H6F17N. The summed E-state index contributed by atoms with van der Waals surface area (Å²) in [4.78, 5) is 0. The third-order valence-electron chi connectivity index (χ3n) is 3.19. The smallest absolute Gasteiger partial charge is 0.314 e. The van der Waals surface area contributed by atoms with Crippen molar-refractivity contribution >= 4 is 0 Å². The molecule has 18 heteroatoms. The molecule has 0 radical (unpaired) electrons. The fourth-order valence-corrected chi connectivity index (χ4v) is 1.53. The number of halogens is 17. The quantitative estimate of drug-likeness (QED) is 0.488. The number of hydrogen-bond acceptors (Lipinski definition) is 1. The minimum atomic E-state index is -8.58. The van der Waals surface area contributed by atoms with Crippen LogP contribution < -0.4 is 5.32 Å². The second kappa shape index (κ2) is 6.65. The van der Waals surface area contributed by atoms with E-state index in [1.54, 1.807) is 0 Å². The zero-order valence-electron chi connectivity index (χ0n) is 12.6. The van der Waals surface area contributed by atoms with Crippen LogP contribution in [0.4, 0.5) is 74.6 Å². The Balaban J connectivity index is 6.63. The number of hydrogen-bond donors (Lipinski definition) is 1. The molecule has 0 bridgehead atoms. The number of alkyl halides is 17. The normalized spacial score (nSPS) is 16.5. The predicted molar refractivity (Wildman–Crippen MR) is 54.6 cm³/mol. The van der Waals surface area contributed by atoms with Crippen molar-refractivity contribution < 1.29 is 74.6 Å². The van der Waals surface area contributed by atoms with E-state index in [2.05, 4.69) is 0 Å². The standard InChI is InChI=1S/C10H6F17N/c1-28-2-3(11,12)4(13,14)5(15,16)6(17,18)7(19,20)8(21,22)9(23,24)10(25,26)27/h28H,2H2,1H3. The molecule has 0 aromatic rings. The third-order valence-corrected chi connectivity index (χ3v) is 3.19. The van der Waals surface area contributed by atoms with E-state index >= 15 is 0 Å². The van der Waals surface area contributed by atoms with E-state index in [1.807, 2.05) is 0 Å². The predicted octanol–water partition coefficient (Wildman–Crippen LogP) is 5.22. The molecule has 0 unspecified atom stereocenters. The van der Waals surface area contributed by atoms with E-state index in [0.717, 1.165) is 5.32 Å². The van der Waals surface area contributed by atoms with Gasteiger partial charge >= 0.3 is 47.6 Å². The summed E-state index contributed by atoms with van der Waals surface area (Å²) in [5.74, 6) is -55.9. The second-order valence-corrected chi connectivity index (χ2v) is 5.18. The largest absolute Gasteiger partial charge is 0.460 e. The molecule has 0 aromatic carbocycles. The highest BCUT2D eigenvalue weighted by atomic mass is 19.4.